The minimum atomic E-state index is -1.36. The lowest BCUT2D eigenvalue weighted by molar-refractivity contribution is -0.372. The van der Waals surface area contributed by atoms with Crippen LogP contribution in [0.1, 0.15) is 42.6 Å². The Bertz CT molecular complexity index is 839. The predicted octanol–water partition coefficient (Wildman–Crippen LogP) is 3.22. The fourth-order valence-corrected chi connectivity index (χ4v) is 4.30. The second kappa shape index (κ2) is 7.65. The molecule has 2 aromatic carbocycles. The van der Waals surface area contributed by atoms with Gasteiger partial charge in [-0.15, -0.1) is 0 Å². The molecule has 2 fully saturated rings. The Kier molecular flexibility index (Phi) is 5.38. The molecule has 1 aliphatic carbocycles. The van der Waals surface area contributed by atoms with E-state index in [1.165, 1.54) is 0 Å². The fraction of sp³-hybridized carbons (Fsp3) is 0.455. The first-order valence-electron chi connectivity index (χ1n) is 9.67. The van der Waals surface area contributed by atoms with Crippen molar-refractivity contribution in [3.8, 4) is 5.75 Å². The summed E-state index contributed by atoms with van der Waals surface area (Å²) in [6.07, 6.45) is -1.19. The van der Waals surface area contributed by atoms with Gasteiger partial charge in [-0.2, -0.15) is 0 Å². The van der Waals surface area contributed by atoms with Crippen LogP contribution in [-0.4, -0.2) is 39.9 Å². The van der Waals surface area contributed by atoms with Crippen molar-refractivity contribution in [1.82, 2.24) is 0 Å². The molecule has 1 saturated heterocycles. The summed E-state index contributed by atoms with van der Waals surface area (Å²) in [5, 5.41) is 32.1. The van der Waals surface area contributed by atoms with Gasteiger partial charge in [-0.25, -0.2) is 0 Å². The van der Waals surface area contributed by atoms with Crippen LogP contribution in [0.3, 0.4) is 0 Å². The number of ether oxygens (including phenoxy) is 2. The molecule has 0 bridgehead atoms. The van der Waals surface area contributed by atoms with Gasteiger partial charge < -0.3 is 24.8 Å². The van der Waals surface area contributed by atoms with Crippen LogP contribution < -0.4 is 4.74 Å². The van der Waals surface area contributed by atoms with Gasteiger partial charge in [0.05, 0.1) is 12.7 Å². The van der Waals surface area contributed by atoms with Crippen LogP contribution in [0.25, 0.3) is 0 Å². The van der Waals surface area contributed by atoms with E-state index in [-0.39, 0.29) is 0 Å². The summed E-state index contributed by atoms with van der Waals surface area (Å²) >= 11 is 6.39. The second-order valence-corrected chi connectivity index (χ2v) is 8.02. The molecule has 6 heteroatoms. The van der Waals surface area contributed by atoms with Crippen molar-refractivity contribution < 1.29 is 24.8 Å². The van der Waals surface area contributed by atoms with E-state index in [1.54, 1.807) is 12.1 Å². The van der Waals surface area contributed by atoms with Crippen molar-refractivity contribution in [3.05, 3.63) is 64.2 Å². The Morgan fingerprint density at radius 3 is 2.54 bits per heavy atom. The maximum absolute atomic E-state index is 10.5. The summed E-state index contributed by atoms with van der Waals surface area (Å²) in [5.74, 6) is -0.977. The van der Waals surface area contributed by atoms with Gasteiger partial charge in [0.25, 0.3) is 0 Å². The van der Waals surface area contributed by atoms with Crippen molar-refractivity contribution in [2.75, 3.05) is 6.61 Å². The van der Waals surface area contributed by atoms with E-state index in [1.807, 2.05) is 37.3 Å². The van der Waals surface area contributed by atoms with Crippen LogP contribution in [-0.2, 0) is 11.2 Å². The molecule has 1 saturated carbocycles. The lowest BCUT2D eigenvalue weighted by atomic mass is 9.69. The number of halogens is 1. The molecule has 1 aliphatic heterocycles. The summed E-state index contributed by atoms with van der Waals surface area (Å²) < 4.78 is 11.3. The first kappa shape index (κ1) is 19.7. The Balaban J connectivity index is 1.56. The van der Waals surface area contributed by atoms with E-state index in [0.717, 1.165) is 16.9 Å². The zero-order chi connectivity index (χ0) is 19.9. The first-order valence-corrected chi connectivity index (χ1v) is 10.1. The zero-order valence-corrected chi connectivity index (χ0v) is 16.5. The number of hydrogen-bond donors (Lipinski definition) is 3. The first-order chi connectivity index (χ1) is 13.4. The predicted molar refractivity (Wildman–Crippen MR) is 105 cm³/mol. The monoisotopic (exact) mass is 404 g/mol. The van der Waals surface area contributed by atoms with Gasteiger partial charge in [0.15, 0.2) is 5.79 Å². The molecule has 0 spiro atoms. The van der Waals surface area contributed by atoms with Crippen molar-refractivity contribution in [2.24, 2.45) is 5.92 Å². The van der Waals surface area contributed by atoms with Crippen LogP contribution in [0.5, 0.6) is 5.75 Å². The molecule has 0 amide bonds. The number of hydrogen-bond acceptors (Lipinski definition) is 5. The minimum Gasteiger partial charge on any atom is -0.494 e. The van der Waals surface area contributed by atoms with E-state index in [2.05, 4.69) is 0 Å². The van der Waals surface area contributed by atoms with Crippen LogP contribution in [0.15, 0.2) is 42.5 Å². The maximum Gasteiger partial charge on any atom is 0.171 e. The second-order valence-electron chi connectivity index (χ2n) is 7.61. The normalized spacial score (nSPS) is 31.8. The van der Waals surface area contributed by atoms with Crippen molar-refractivity contribution >= 4 is 11.6 Å². The van der Waals surface area contributed by atoms with Crippen molar-refractivity contribution in [1.29, 1.82) is 0 Å². The number of rotatable bonds is 5. The van der Waals surface area contributed by atoms with Gasteiger partial charge in [-0.3, -0.25) is 0 Å². The molecule has 5 unspecified atom stereocenters. The summed E-state index contributed by atoms with van der Waals surface area (Å²) in [7, 11) is 0. The van der Waals surface area contributed by atoms with E-state index < -0.39 is 30.0 Å². The SMILES string of the molecule is CCOc1ccc(Cc2cc(C3OC4(O)CCC4C(O)C3O)ccc2Cl)cc1. The summed E-state index contributed by atoms with van der Waals surface area (Å²) in [4.78, 5) is 0. The Labute approximate surface area is 169 Å². The highest BCUT2D eigenvalue weighted by Crippen LogP contribution is 2.51. The van der Waals surface area contributed by atoms with Gasteiger partial charge in [-0.1, -0.05) is 35.9 Å². The Hall–Kier alpha value is -1.63. The number of aliphatic hydroxyl groups is 3. The van der Waals surface area contributed by atoms with Gasteiger partial charge in [-0.05, 0) is 54.7 Å². The average Bonchev–Trinajstić information content (AvgIpc) is 2.67. The van der Waals surface area contributed by atoms with Gasteiger partial charge in [0.2, 0.25) is 0 Å². The molecule has 2 aliphatic rings. The highest BCUT2D eigenvalue weighted by atomic mass is 35.5. The molecular weight excluding hydrogens is 380 g/mol. The molecule has 150 valence electrons. The van der Waals surface area contributed by atoms with E-state index in [9.17, 15) is 15.3 Å². The van der Waals surface area contributed by atoms with E-state index >= 15 is 0 Å². The fourth-order valence-electron chi connectivity index (χ4n) is 4.11. The van der Waals surface area contributed by atoms with Gasteiger partial charge in [0, 0.05) is 17.4 Å². The summed E-state index contributed by atoms with van der Waals surface area (Å²) in [6, 6.07) is 13.2. The van der Waals surface area contributed by atoms with E-state index in [0.29, 0.717) is 36.5 Å². The lowest BCUT2D eigenvalue weighted by Crippen LogP contribution is -2.63. The quantitative estimate of drug-likeness (QED) is 0.713. The van der Waals surface area contributed by atoms with Crippen molar-refractivity contribution in [2.45, 2.75) is 50.3 Å². The average molecular weight is 405 g/mol. The van der Waals surface area contributed by atoms with Crippen molar-refractivity contribution in [3.63, 3.8) is 0 Å². The highest BCUT2D eigenvalue weighted by Gasteiger charge is 2.58. The molecule has 28 heavy (non-hydrogen) atoms. The molecule has 4 rings (SSSR count). The zero-order valence-electron chi connectivity index (χ0n) is 15.7. The third kappa shape index (κ3) is 3.53. The molecule has 0 radical (unpaired) electrons. The molecule has 0 aromatic heterocycles. The molecule has 2 aromatic rings. The highest BCUT2D eigenvalue weighted by molar-refractivity contribution is 6.31. The number of aliphatic hydroxyl groups excluding tert-OH is 2. The molecule has 5 atom stereocenters. The van der Waals surface area contributed by atoms with Gasteiger partial charge >= 0.3 is 0 Å². The molecule has 5 nitrogen and oxygen atoms in total. The third-order valence-electron chi connectivity index (χ3n) is 5.82. The Morgan fingerprint density at radius 1 is 1.14 bits per heavy atom. The molecule has 3 N–H and O–H groups in total. The van der Waals surface area contributed by atoms with Crippen LogP contribution >= 0.6 is 11.6 Å². The maximum atomic E-state index is 10.5. The number of fused-ring (bicyclic) bond motifs is 1. The molecular formula is C22H25ClO5. The Morgan fingerprint density at radius 2 is 1.89 bits per heavy atom. The third-order valence-corrected chi connectivity index (χ3v) is 6.19. The summed E-state index contributed by atoms with van der Waals surface area (Å²) in [6.45, 7) is 2.57. The lowest BCUT2D eigenvalue weighted by Gasteiger charge is -2.54. The van der Waals surface area contributed by atoms with Crippen LogP contribution in [0.2, 0.25) is 5.02 Å². The van der Waals surface area contributed by atoms with Gasteiger partial charge in [0.1, 0.15) is 18.0 Å². The minimum absolute atomic E-state index is 0.436. The van der Waals surface area contributed by atoms with Crippen LogP contribution in [0.4, 0.5) is 0 Å². The molecule has 1 heterocycles. The standard InChI is InChI=1S/C22H25ClO5/c1-2-27-16-6-3-13(4-7-16)11-15-12-14(5-8-18(15)23)21-20(25)19(24)17-9-10-22(17,26)28-21/h3-8,12,17,19-21,24-26H,2,9-11H2,1H3. The summed E-state index contributed by atoms with van der Waals surface area (Å²) in [5.41, 5.74) is 2.65. The number of benzene rings is 2. The topological polar surface area (TPSA) is 79.2 Å². The van der Waals surface area contributed by atoms with Crippen LogP contribution in [0, 0.1) is 5.92 Å². The largest absolute Gasteiger partial charge is 0.494 e. The van der Waals surface area contributed by atoms with E-state index in [4.69, 9.17) is 21.1 Å². The smallest absolute Gasteiger partial charge is 0.171 e.